The number of cyclic esters (lactones) is 1. The van der Waals surface area contributed by atoms with Crippen molar-refractivity contribution in [2.24, 2.45) is 0 Å². The monoisotopic (exact) mass is 478 g/mol. The number of hydrogen-bond donors (Lipinski definition) is 0. The predicted molar refractivity (Wildman–Crippen MR) is 114 cm³/mol. The Morgan fingerprint density at radius 1 is 0.926 bits per heavy atom. The SMILES string of the molecule is CCC[CH2][Sn]([CH2]CCC)([CH2]CCC)[C]1=C(C(=O)c2ccccc2)COC1=O. The number of Topliss-reactive ketones (excluding diaryl/α,β-unsaturated/α-hetero) is 1. The minimum absolute atomic E-state index is 0.00187. The topological polar surface area (TPSA) is 43.4 Å². The summed E-state index contributed by atoms with van der Waals surface area (Å²) in [6, 6.07) is 9.36. The van der Waals surface area contributed by atoms with E-state index in [0.717, 1.165) is 42.1 Å². The molecule has 3 nitrogen and oxygen atoms in total. The number of ether oxygens (including phenoxy) is 1. The maximum absolute atomic E-state index is 13.2. The first kappa shape index (κ1) is 22.2. The van der Waals surface area contributed by atoms with Gasteiger partial charge in [-0.25, -0.2) is 0 Å². The summed E-state index contributed by atoms with van der Waals surface area (Å²) in [6.07, 6.45) is 6.90. The van der Waals surface area contributed by atoms with Gasteiger partial charge in [-0.05, 0) is 0 Å². The standard InChI is InChI=1S/C11H7O3.3C4H9.Sn/c12-10-6-9(7-14-10)11(13)8-4-2-1-3-5-8;3*1-3-4-2;/h1-5H,7H2;3*1,3-4H2,2H3;. The summed E-state index contributed by atoms with van der Waals surface area (Å²) in [5.41, 5.74) is 1.36. The Morgan fingerprint density at radius 3 is 1.93 bits per heavy atom. The number of carbonyl (C=O) groups is 2. The number of rotatable bonds is 12. The molecule has 0 amide bonds. The van der Waals surface area contributed by atoms with Crippen LogP contribution < -0.4 is 0 Å². The molecule has 0 unspecified atom stereocenters. The van der Waals surface area contributed by atoms with E-state index in [-0.39, 0.29) is 18.4 Å². The van der Waals surface area contributed by atoms with Crippen molar-refractivity contribution in [1.29, 1.82) is 0 Å². The van der Waals surface area contributed by atoms with Gasteiger partial charge in [-0.2, -0.15) is 0 Å². The number of esters is 1. The van der Waals surface area contributed by atoms with Crippen LogP contribution in [0.15, 0.2) is 39.5 Å². The fraction of sp³-hybridized carbons (Fsp3) is 0.565. The second kappa shape index (κ2) is 11.0. The second-order valence-corrected chi connectivity index (χ2v) is 20.7. The van der Waals surface area contributed by atoms with E-state index < -0.39 is 18.4 Å². The zero-order chi connectivity index (χ0) is 19.7. The first-order valence-corrected chi connectivity index (χ1v) is 18.1. The summed E-state index contributed by atoms with van der Waals surface area (Å²) in [5, 5.41) is 0. The molecule has 0 aromatic heterocycles. The van der Waals surface area contributed by atoms with E-state index in [1.807, 2.05) is 30.3 Å². The first-order chi connectivity index (χ1) is 13.1. The third-order valence-electron chi connectivity index (χ3n) is 5.72. The van der Waals surface area contributed by atoms with Gasteiger partial charge in [0.15, 0.2) is 0 Å². The van der Waals surface area contributed by atoms with Crippen molar-refractivity contribution in [1.82, 2.24) is 0 Å². The van der Waals surface area contributed by atoms with Gasteiger partial charge >= 0.3 is 169 Å². The Bertz CT molecular complexity index is 642. The average Bonchev–Trinajstić information content (AvgIpc) is 3.10. The summed E-state index contributed by atoms with van der Waals surface area (Å²) < 4.78 is 9.89. The molecule has 1 aliphatic rings. The predicted octanol–water partition coefficient (Wildman–Crippen LogP) is 6.11. The quantitative estimate of drug-likeness (QED) is 0.207. The molecule has 0 spiro atoms. The molecule has 4 heteroatoms. The fourth-order valence-electron chi connectivity index (χ4n) is 4.18. The normalized spacial score (nSPS) is 14.6. The molecule has 148 valence electrons. The average molecular weight is 477 g/mol. The molecule has 0 saturated carbocycles. The molecule has 2 rings (SSSR count). The number of ketones is 1. The molecule has 1 aliphatic heterocycles. The first-order valence-electron chi connectivity index (χ1n) is 10.6. The summed E-state index contributed by atoms with van der Waals surface area (Å²) in [7, 11) is 0. The van der Waals surface area contributed by atoms with Crippen LogP contribution in [0.2, 0.25) is 13.3 Å². The van der Waals surface area contributed by atoms with E-state index in [1.165, 1.54) is 13.3 Å². The van der Waals surface area contributed by atoms with E-state index in [2.05, 4.69) is 20.8 Å². The Hall–Kier alpha value is -1.10. The molecule has 1 heterocycles. The molecule has 1 aromatic carbocycles. The van der Waals surface area contributed by atoms with E-state index >= 15 is 0 Å². The van der Waals surface area contributed by atoms with Gasteiger partial charge in [-0.1, -0.05) is 0 Å². The van der Waals surface area contributed by atoms with Crippen LogP contribution in [0, 0.1) is 0 Å². The molecule has 0 fully saturated rings. The number of carbonyl (C=O) groups excluding carboxylic acids is 2. The van der Waals surface area contributed by atoms with Crippen molar-refractivity contribution in [2.75, 3.05) is 6.61 Å². The summed E-state index contributed by atoms with van der Waals surface area (Å²) >= 11 is -3.00. The van der Waals surface area contributed by atoms with Gasteiger partial charge < -0.3 is 0 Å². The van der Waals surface area contributed by atoms with Crippen LogP contribution in [0.1, 0.15) is 69.7 Å². The molecule has 1 aromatic rings. The molecule has 0 radical (unpaired) electrons. The number of benzene rings is 1. The Balaban J connectivity index is 2.52. The van der Waals surface area contributed by atoms with E-state index in [1.54, 1.807) is 0 Å². The second-order valence-electron chi connectivity index (χ2n) is 7.72. The van der Waals surface area contributed by atoms with Gasteiger partial charge in [0, 0.05) is 0 Å². The van der Waals surface area contributed by atoms with Crippen LogP contribution >= 0.6 is 0 Å². The summed E-state index contributed by atoms with van der Waals surface area (Å²) in [5.74, 6) is -0.171. The molecule has 27 heavy (non-hydrogen) atoms. The molecule has 0 atom stereocenters. The van der Waals surface area contributed by atoms with E-state index in [0.29, 0.717) is 11.1 Å². The van der Waals surface area contributed by atoms with E-state index in [9.17, 15) is 9.59 Å². The van der Waals surface area contributed by atoms with Gasteiger partial charge in [0.2, 0.25) is 0 Å². The van der Waals surface area contributed by atoms with Crippen LogP contribution in [0.3, 0.4) is 0 Å². The van der Waals surface area contributed by atoms with Crippen molar-refractivity contribution in [3.63, 3.8) is 0 Å². The third kappa shape index (κ3) is 5.46. The number of unbranched alkanes of at least 4 members (excludes halogenated alkanes) is 3. The van der Waals surface area contributed by atoms with Gasteiger partial charge in [0.1, 0.15) is 0 Å². The molecular formula is C23H34O3Sn. The number of hydrogen-bond acceptors (Lipinski definition) is 3. The molecular weight excluding hydrogens is 443 g/mol. The van der Waals surface area contributed by atoms with Gasteiger partial charge in [0.05, 0.1) is 0 Å². The molecule has 0 saturated heterocycles. The van der Waals surface area contributed by atoms with Crippen LogP contribution in [-0.2, 0) is 9.53 Å². The van der Waals surface area contributed by atoms with Gasteiger partial charge in [-0.15, -0.1) is 0 Å². The van der Waals surface area contributed by atoms with Crippen molar-refractivity contribution < 1.29 is 14.3 Å². The van der Waals surface area contributed by atoms with Crippen LogP contribution in [-0.4, -0.2) is 36.7 Å². The maximum atomic E-state index is 13.2. The van der Waals surface area contributed by atoms with Crippen molar-refractivity contribution in [3.8, 4) is 0 Å². The van der Waals surface area contributed by atoms with Gasteiger partial charge in [-0.3, -0.25) is 0 Å². The summed E-state index contributed by atoms with van der Waals surface area (Å²) in [4.78, 5) is 26.1. The molecule has 0 aliphatic carbocycles. The Kier molecular flexibility index (Phi) is 9.07. The van der Waals surface area contributed by atoms with Crippen molar-refractivity contribution in [2.45, 2.75) is 72.6 Å². The van der Waals surface area contributed by atoms with Crippen molar-refractivity contribution in [3.05, 3.63) is 45.1 Å². The molecule has 0 N–H and O–H groups in total. The zero-order valence-corrected chi connectivity index (χ0v) is 20.0. The fourth-order valence-corrected chi connectivity index (χ4v) is 21.1. The van der Waals surface area contributed by atoms with Crippen LogP contribution in [0.25, 0.3) is 0 Å². The van der Waals surface area contributed by atoms with Crippen LogP contribution in [0.5, 0.6) is 0 Å². The van der Waals surface area contributed by atoms with Crippen LogP contribution in [0.4, 0.5) is 0 Å². The van der Waals surface area contributed by atoms with Crippen molar-refractivity contribution >= 4 is 30.1 Å². The Labute approximate surface area is 168 Å². The third-order valence-corrected chi connectivity index (χ3v) is 21.4. The Morgan fingerprint density at radius 2 is 1.44 bits per heavy atom. The van der Waals surface area contributed by atoms with Gasteiger partial charge in [0.25, 0.3) is 0 Å². The van der Waals surface area contributed by atoms with E-state index in [4.69, 9.17) is 4.74 Å². The summed E-state index contributed by atoms with van der Waals surface area (Å²) in [6.45, 7) is 6.82. The minimum atomic E-state index is -3.00. The zero-order valence-electron chi connectivity index (χ0n) is 17.2. The molecule has 0 bridgehead atoms.